The van der Waals surface area contributed by atoms with Crippen LogP contribution in [0.2, 0.25) is 0 Å². The van der Waals surface area contributed by atoms with Gasteiger partial charge in [-0.05, 0) is 12.8 Å². The van der Waals surface area contributed by atoms with E-state index in [1.807, 2.05) is 24.3 Å². The van der Waals surface area contributed by atoms with Crippen LogP contribution in [-0.2, 0) is 19.1 Å². The molecule has 1 unspecified atom stereocenters. The topological polar surface area (TPSA) is 52.6 Å². The summed E-state index contributed by atoms with van der Waals surface area (Å²) in [5.74, 6) is -1.32. The van der Waals surface area contributed by atoms with Crippen molar-refractivity contribution in [2.24, 2.45) is 5.41 Å². The fourth-order valence-electron chi connectivity index (χ4n) is 2.22. The van der Waals surface area contributed by atoms with Crippen molar-refractivity contribution in [1.29, 1.82) is 0 Å². The Morgan fingerprint density at radius 3 is 2.26 bits per heavy atom. The third-order valence-corrected chi connectivity index (χ3v) is 3.13. The fourth-order valence-corrected chi connectivity index (χ4v) is 2.22. The predicted octanol–water partition coefficient (Wildman–Crippen LogP) is 2.56. The highest BCUT2D eigenvalue weighted by molar-refractivity contribution is 6.14. The Hall–Kier alpha value is -1.84. The summed E-state index contributed by atoms with van der Waals surface area (Å²) in [6, 6.07) is 0. The zero-order valence-corrected chi connectivity index (χ0v) is 11.6. The van der Waals surface area contributed by atoms with Crippen LogP contribution in [0.15, 0.2) is 36.0 Å². The van der Waals surface area contributed by atoms with E-state index in [0.717, 1.165) is 19.3 Å². The number of carbonyl (C=O) groups is 2. The van der Waals surface area contributed by atoms with Crippen molar-refractivity contribution in [3.8, 4) is 0 Å². The van der Waals surface area contributed by atoms with Gasteiger partial charge in [0.05, 0.1) is 14.2 Å². The van der Waals surface area contributed by atoms with Crippen LogP contribution in [0, 0.1) is 5.41 Å². The van der Waals surface area contributed by atoms with Crippen molar-refractivity contribution in [2.45, 2.75) is 26.2 Å². The maximum atomic E-state index is 11.7. The van der Waals surface area contributed by atoms with Crippen LogP contribution in [-0.4, -0.2) is 26.2 Å². The van der Waals surface area contributed by atoms with Crippen molar-refractivity contribution < 1.29 is 19.1 Å². The molecule has 0 aromatic heterocycles. The third kappa shape index (κ3) is 3.81. The zero-order chi connectivity index (χ0) is 14.3. The molecule has 1 rings (SSSR count). The lowest BCUT2D eigenvalue weighted by atomic mass is 9.76. The number of methoxy groups -OCH3 is 2. The summed E-state index contributed by atoms with van der Waals surface area (Å²) in [4.78, 5) is 23.4. The number of rotatable bonds is 5. The third-order valence-electron chi connectivity index (χ3n) is 3.13. The quantitative estimate of drug-likeness (QED) is 0.331. The van der Waals surface area contributed by atoms with Crippen LogP contribution in [0.3, 0.4) is 0 Å². The molecule has 104 valence electrons. The van der Waals surface area contributed by atoms with E-state index >= 15 is 0 Å². The molecule has 0 fully saturated rings. The second-order valence-corrected chi connectivity index (χ2v) is 4.52. The maximum absolute atomic E-state index is 11.7. The highest BCUT2D eigenvalue weighted by Crippen LogP contribution is 2.36. The second kappa shape index (κ2) is 6.92. The molecular formula is C15H20O4. The number of hydrogen-bond donors (Lipinski definition) is 0. The number of esters is 2. The molecule has 0 aromatic rings. The van der Waals surface area contributed by atoms with Gasteiger partial charge in [0.2, 0.25) is 0 Å². The van der Waals surface area contributed by atoms with E-state index in [2.05, 4.69) is 16.4 Å². The summed E-state index contributed by atoms with van der Waals surface area (Å²) in [5, 5.41) is 0. The standard InChI is InChI=1S/C15H20O4/c1-4-8-15(9-6-5-7-10-15)11-12(13(16)18-2)14(17)19-3/h5-7,9,11H,4,8,10H2,1-3H3. The molecule has 4 heteroatoms. The van der Waals surface area contributed by atoms with Crippen LogP contribution < -0.4 is 0 Å². The summed E-state index contributed by atoms with van der Waals surface area (Å²) in [6.45, 7) is 2.07. The Bertz CT molecular complexity index is 413. The van der Waals surface area contributed by atoms with Gasteiger partial charge in [0.15, 0.2) is 0 Å². The molecule has 4 nitrogen and oxygen atoms in total. The molecule has 1 aliphatic rings. The average molecular weight is 264 g/mol. The summed E-state index contributed by atoms with van der Waals surface area (Å²) < 4.78 is 9.30. The van der Waals surface area contributed by atoms with Crippen molar-refractivity contribution >= 4 is 11.9 Å². The minimum atomic E-state index is -0.662. The molecule has 0 saturated heterocycles. The van der Waals surface area contributed by atoms with E-state index in [1.165, 1.54) is 14.2 Å². The van der Waals surface area contributed by atoms with Crippen LogP contribution >= 0.6 is 0 Å². The first-order valence-electron chi connectivity index (χ1n) is 6.32. The number of hydrogen-bond acceptors (Lipinski definition) is 4. The van der Waals surface area contributed by atoms with Gasteiger partial charge in [-0.3, -0.25) is 0 Å². The molecule has 0 N–H and O–H groups in total. The molecule has 0 saturated carbocycles. The normalized spacial score (nSPS) is 20.8. The fraction of sp³-hybridized carbons (Fsp3) is 0.467. The van der Waals surface area contributed by atoms with Gasteiger partial charge in [0.1, 0.15) is 5.57 Å². The molecule has 0 bridgehead atoms. The van der Waals surface area contributed by atoms with Crippen LogP contribution in [0.4, 0.5) is 0 Å². The Kier molecular flexibility index (Phi) is 5.55. The van der Waals surface area contributed by atoms with Gasteiger partial charge >= 0.3 is 11.9 Å². The van der Waals surface area contributed by atoms with E-state index in [-0.39, 0.29) is 11.0 Å². The van der Waals surface area contributed by atoms with Gasteiger partial charge in [-0.15, -0.1) is 0 Å². The first-order valence-corrected chi connectivity index (χ1v) is 6.32. The Morgan fingerprint density at radius 2 is 1.84 bits per heavy atom. The highest BCUT2D eigenvalue weighted by Gasteiger charge is 2.29. The van der Waals surface area contributed by atoms with Crippen molar-refractivity contribution in [3.63, 3.8) is 0 Å². The summed E-state index contributed by atoms with van der Waals surface area (Å²) in [7, 11) is 2.50. The van der Waals surface area contributed by atoms with Crippen molar-refractivity contribution in [2.75, 3.05) is 14.2 Å². The Labute approximate surface area is 113 Å². The zero-order valence-electron chi connectivity index (χ0n) is 11.6. The predicted molar refractivity (Wildman–Crippen MR) is 72.4 cm³/mol. The molecule has 0 spiro atoms. The van der Waals surface area contributed by atoms with Crippen LogP contribution in [0.25, 0.3) is 0 Å². The second-order valence-electron chi connectivity index (χ2n) is 4.52. The molecule has 0 aromatic carbocycles. The van der Waals surface area contributed by atoms with Gasteiger partial charge in [0.25, 0.3) is 0 Å². The Balaban J connectivity index is 3.15. The van der Waals surface area contributed by atoms with Gasteiger partial charge < -0.3 is 9.47 Å². The minimum Gasteiger partial charge on any atom is -0.465 e. The summed E-state index contributed by atoms with van der Waals surface area (Å²) >= 11 is 0. The SMILES string of the molecule is CCCC1(C=C(C(=O)OC)C(=O)OC)C=CC=CC1. The molecule has 1 aliphatic carbocycles. The molecule has 19 heavy (non-hydrogen) atoms. The smallest absolute Gasteiger partial charge is 0.344 e. The summed E-state index contributed by atoms with van der Waals surface area (Å²) in [6.07, 6.45) is 12.2. The lowest BCUT2D eigenvalue weighted by Crippen LogP contribution is -2.22. The maximum Gasteiger partial charge on any atom is 0.344 e. The number of allylic oxidation sites excluding steroid dienone is 5. The minimum absolute atomic E-state index is 0.0431. The van der Waals surface area contributed by atoms with Gasteiger partial charge in [-0.1, -0.05) is 43.7 Å². The average Bonchev–Trinajstić information content (AvgIpc) is 2.44. The largest absolute Gasteiger partial charge is 0.465 e. The van der Waals surface area contributed by atoms with Gasteiger partial charge in [-0.25, -0.2) is 9.59 Å². The Morgan fingerprint density at radius 1 is 1.21 bits per heavy atom. The van der Waals surface area contributed by atoms with E-state index in [9.17, 15) is 9.59 Å². The van der Waals surface area contributed by atoms with Crippen LogP contribution in [0.5, 0.6) is 0 Å². The van der Waals surface area contributed by atoms with E-state index in [1.54, 1.807) is 6.08 Å². The molecule has 0 aliphatic heterocycles. The molecule has 1 atom stereocenters. The molecule has 0 heterocycles. The van der Waals surface area contributed by atoms with Crippen molar-refractivity contribution in [3.05, 3.63) is 36.0 Å². The lowest BCUT2D eigenvalue weighted by molar-refractivity contribution is -0.144. The van der Waals surface area contributed by atoms with Crippen molar-refractivity contribution in [1.82, 2.24) is 0 Å². The molecule has 0 amide bonds. The first kappa shape index (κ1) is 15.2. The van der Waals surface area contributed by atoms with Gasteiger partial charge in [0, 0.05) is 5.41 Å². The monoisotopic (exact) mass is 264 g/mol. The molecule has 0 radical (unpaired) electrons. The van der Waals surface area contributed by atoms with E-state index in [4.69, 9.17) is 0 Å². The lowest BCUT2D eigenvalue weighted by Gasteiger charge is -2.28. The van der Waals surface area contributed by atoms with E-state index in [0.29, 0.717) is 0 Å². The van der Waals surface area contributed by atoms with Crippen LogP contribution in [0.1, 0.15) is 26.2 Å². The van der Waals surface area contributed by atoms with E-state index < -0.39 is 11.9 Å². The molecular weight excluding hydrogens is 244 g/mol. The first-order chi connectivity index (χ1) is 9.08. The summed E-state index contributed by atoms with van der Waals surface area (Å²) in [5.41, 5.74) is -0.361. The highest BCUT2D eigenvalue weighted by atomic mass is 16.5. The van der Waals surface area contributed by atoms with Gasteiger partial charge in [-0.2, -0.15) is 0 Å². The number of carbonyl (C=O) groups excluding carboxylic acids is 2. The number of ether oxygens (including phenoxy) is 2.